The molecule has 0 saturated heterocycles. The van der Waals surface area contributed by atoms with Gasteiger partial charge in [0.25, 0.3) is 0 Å². The second-order valence-electron chi connectivity index (χ2n) is 3.78. The zero-order valence-corrected chi connectivity index (χ0v) is 11.4. The van der Waals surface area contributed by atoms with Crippen molar-refractivity contribution in [1.82, 2.24) is 4.72 Å². The van der Waals surface area contributed by atoms with Crippen LogP contribution in [0.25, 0.3) is 0 Å². The first-order chi connectivity index (χ1) is 9.00. The van der Waals surface area contributed by atoms with E-state index in [4.69, 9.17) is 0 Å². The molecule has 0 aliphatic heterocycles. The minimum absolute atomic E-state index is 0.0939. The SMILES string of the molecule is O=S(=O)(NCCc1cccs1)c1c(F)cccc1F. The van der Waals surface area contributed by atoms with Gasteiger partial charge in [0.2, 0.25) is 10.0 Å². The van der Waals surface area contributed by atoms with Gasteiger partial charge < -0.3 is 0 Å². The number of halogens is 2. The van der Waals surface area contributed by atoms with Gasteiger partial charge >= 0.3 is 0 Å². The highest BCUT2D eigenvalue weighted by molar-refractivity contribution is 7.89. The van der Waals surface area contributed by atoms with Crippen LogP contribution in [0.5, 0.6) is 0 Å². The molecule has 1 aromatic heterocycles. The van der Waals surface area contributed by atoms with E-state index in [0.717, 1.165) is 23.1 Å². The molecule has 0 aliphatic carbocycles. The second-order valence-corrected chi connectivity index (χ2v) is 6.51. The van der Waals surface area contributed by atoms with Crippen LogP contribution >= 0.6 is 11.3 Å². The number of rotatable bonds is 5. The molecular weight excluding hydrogens is 292 g/mol. The zero-order chi connectivity index (χ0) is 13.9. The van der Waals surface area contributed by atoms with Crippen LogP contribution in [0.4, 0.5) is 8.78 Å². The van der Waals surface area contributed by atoms with Gasteiger partial charge in [-0.1, -0.05) is 12.1 Å². The quantitative estimate of drug-likeness (QED) is 0.922. The number of hydrogen-bond acceptors (Lipinski definition) is 3. The molecule has 0 aliphatic rings. The predicted molar refractivity (Wildman–Crippen MR) is 69.6 cm³/mol. The van der Waals surface area contributed by atoms with Crippen molar-refractivity contribution in [3.63, 3.8) is 0 Å². The Morgan fingerprint density at radius 3 is 2.37 bits per heavy atom. The van der Waals surface area contributed by atoms with E-state index in [9.17, 15) is 17.2 Å². The molecule has 0 fully saturated rings. The van der Waals surface area contributed by atoms with Crippen LogP contribution in [0.1, 0.15) is 4.88 Å². The van der Waals surface area contributed by atoms with Gasteiger partial charge in [0.1, 0.15) is 11.6 Å². The lowest BCUT2D eigenvalue weighted by Crippen LogP contribution is -2.27. The summed E-state index contributed by atoms with van der Waals surface area (Å²) in [5.41, 5.74) is 0. The van der Waals surface area contributed by atoms with Crippen molar-refractivity contribution in [2.75, 3.05) is 6.54 Å². The van der Waals surface area contributed by atoms with Gasteiger partial charge in [-0.3, -0.25) is 0 Å². The Labute approximate surface area is 114 Å². The van der Waals surface area contributed by atoms with E-state index in [1.54, 1.807) is 0 Å². The van der Waals surface area contributed by atoms with E-state index in [0.29, 0.717) is 6.42 Å². The summed E-state index contributed by atoms with van der Waals surface area (Å²) >= 11 is 1.49. The summed E-state index contributed by atoms with van der Waals surface area (Å²) in [6.45, 7) is 0.0939. The fraction of sp³-hybridized carbons (Fsp3) is 0.167. The molecule has 2 rings (SSSR count). The highest BCUT2D eigenvalue weighted by atomic mass is 32.2. The molecule has 0 atom stereocenters. The molecule has 2 aromatic rings. The molecule has 0 unspecified atom stereocenters. The Morgan fingerprint density at radius 1 is 1.11 bits per heavy atom. The minimum Gasteiger partial charge on any atom is -0.211 e. The maximum absolute atomic E-state index is 13.4. The summed E-state index contributed by atoms with van der Waals surface area (Å²) in [4.78, 5) is 0.0675. The zero-order valence-electron chi connectivity index (χ0n) is 9.77. The van der Waals surface area contributed by atoms with E-state index in [-0.39, 0.29) is 6.54 Å². The Hall–Kier alpha value is -1.31. The van der Waals surface area contributed by atoms with Gasteiger partial charge in [-0.05, 0) is 30.0 Å². The van der Waals surface area contributed by atoms with E-state index in [2.05, 4.69) is 4.72 Å². The maximum Gasteiger partial charge on any atom is 0.246 e. The first-order valence-electron chi connectivity index (χ1n) is 5.47. The number of hydrogen-bond donors (Lipinski definition) is 1. The molecule has 0 radical (unpaired) electrons. The van der Waals surface area contributed by atoms with Gasteiger partial charge in [-0.15, -0.1) is 11.3 Å². The lowest BCUT2D eigenvalue weighted by atomic mass is 10.3. The number of sulfonamides is 1. The minimum atomic E-state index is -4.17. The summed E-state index contributed by atoms with van der Waals surface area (Å²) < 4.78 is 52.6. The molecule has 0 spiro atoms. The lowest BCUT2D eigenvalue weighted by Gasteiger charge is -2.07. The Bertz CT molecular complexity index is 634. The molecule has 0 saturated carbocycles. The third-order valence-electron chi connectivity index (χ3n) is 2.43. The number of benzene rings is 1. The second kappa shape index (κ2) is 5.77. The average Bonchev–Trinajstić information content (AvgIpc) is 2.81. The van der Waals surface area contributed by atoms with Gasteiger partial charge in [-0.25, -0.2) is 21.9 Å². The lowest BCUT2D eigenvalue weighted by molar-refractivity contribution is 0.514. The van der Waals surface area contributed by atoms with Crippen LogP contribution in [0.15, 0.2) is 40.6 Å². The molecule has 1 aromatic carbocycles. The van der Waals surface area contributed by atoms with Crippen molar-refractivity contribution < 1.29 is 17.2 Å². The summed E-state index contributed by atoms with van der Waals surface area (Å²) in [5.74, 6) is -2.19. The van der Waals surface area contributed by atoms with Gasteiger partial charge in [0, 0.05) is 11.4 Å². The third kappa shape index (κ3) is 3.37. The average molecular weight is 303 g/mol. The smallest absolute Gasteiger partial charge is 0.211 e. The first kappa shape index (κ1) is 14.1. The largest absolute Gasteiger partial charge is 0.246 e. The molecule has 7 heteroatoms. The first-order valence-corrected chi connectivity index (χ1v) is 7.83. The van der Waals surface area contributed by atoms with E-state index in [1.807, 2.05) is 17.5 Å². The molecule has 19 heavy (non-hydrogen) atoms. The fourth-order valence-electron chi connectivity index (χ4n) is 1.57. The van der Waals surface area contributed by atoms with Crippen molar-refractivity contribution in [1.29, 1.82) is 0 Å². The summed E-state index contributed by atoms with van der Waals surface area (Å²) in [6.07, 6.45) is 0.479. The van der Waals surface area contributed by atoms with Crippen LogP contribution in [0.2, 0.25) is 0 Å². The van der Waals surface area contributed by atoms with Crippen LogP contribution in [-0.2, 0) is 16.4 Å². The number of thiophene rings is 1. The van der Waals surface area contributed by atoms with Crippen molar-refractivity contribution in [3.05, 3.63) is 52.2 Å². The third-order valence-corrected chi connectivity index (χ3v) is 4.88. The molecule has 1 heterocycles. The normalized spacial score (nSPS) is 11.7. The van der Waals surface area contributed by atoms with Crippen molar-refractivity contribution >= 4 is 21.4 Å². The van der Waals surface area contributed by atoms with E-state index in [1.165, 1.54) is 11.3 Å². The predicted octanol–water partition coefficient (Wildman–Crippen LogP) is 2.55. The van der Waals surface area contributed by atoms with Crippen LogP contribution in [-0.4, -0.2) is 15.0 Å². The maximum atomic E-state index is 13.4. The van der Waals surface area contributed by atoms with E-state index >= 15 is 0 Å². The van der Waals surface area contributed by atoms with Crippen molar-refractivity contribution in [2.24, 2.45) is 0 Å². The highest BCUT2D eigenvalue weighted by Crippen LogP contribution is 2.18. The molecule has 0 bridgehead atoms. The van der Waals surface area contributed by atoms with Crippen LogP contribution in [0.3, 0.4) is 0 Å². The summed E-state index contributed by atoms with van der Waals surface area (Å²) in [6, 6.07) is 6.66. The van der Waals surface area contributed by atoms with Gasteiger partial charge in [0.05, 0.1) is 0 Å². The fourth-order valence-corrected chi connectivity index (χ4v) is 3.45. The van der Waals surface area contributed by atoms with Crippen molar-refractivity contribution in [3.8, 4) is 0 Å². The van der Waals surface area contributed by atoms with Crippen molar-refractivity contribution in [2.45, 2.75) is 11.3 Å². The number of nitrogens with one attached hydrogen (secondary N) is 1. The standard InChI is InChI=1S/C12H11F2NO2S2/c13-10-4-1-5-11(14)12(10)19(16,17)15-7-6-9-3-2-8-18-9/h1-5,8,15H,6-7H2. The van der Waals surface area contributed by atoms with E-state index < -0.39 is 26.6 Å². The highest BCUT2D eigenvalue weighted by Gasteiger charge is 2.23. The van der Waals surface area contributed by atoms with Gasteiger partial charge in [-0.2, -0.15) is 0 Å². The topological polar surface area (TPSA) is 46.2 Å². The molecule has 3 nitrogen and oxygen atoms in total. The monoisotopic (exact) mass is 303 g/mol. The molecular formula is C12H11F2NO2S2. The molecule has 102 valence electrons. The summed E-state index contributed by atoms with van der Waals surface area (Å²) in [7, 11) is -4.17. The molecule has 0 amide bonds. The van der Waals surface area contributed by atoms with Gasteiger partial charge in [0.15, 0.2) is 4.90 Å². The molecule has 1 N–H and O–H groups in total. The Morgan fingerprint density at radius 2 is 1.79 bits per heavy atom. The van der Waals surface area contributed by atoms with Crippen LogP contribution < -0.4 is 4.72 Å². The summed E-state index contributed by atoms with van der Waals surface area (Å²) in [5, 5.41) is 1.88. The Kier molecular flexibility index (Phi) is 4.28. The Balaban J connectivity index is 2.10. The van der Waals surface area contributed by atoms with Crippen LogP contribution in [0, 0.1) is 11.6 Å².